The molecule has 0 saturated heterocycles. The van der Waals surface area contributed by atoms with E-state index in [4.69, 9.17) is 4.74 Å². The second-order valence-corrected chi connectivity index (χ2v) is 7.95. The fraction of sp³-hybridized carbons (Fsp3) is 0.158. The lowest BCUT2D eigenvalue weighted by Gasteiger charge is -2.13. The molecule has 0 aliphatic rings. The minimum absolute atomic E-state index is 0.238. The van der Waals surface area contributed by atoms with E-state index >= 15 is 0 Å². The average molecular weight is 563 g/mol. The first-order valence-electron chi connectivity index (χ1n) is 7.60. The van der Waals surface area contributed by atoms with Gasteiger partial charge in [-0.15, -0.1) is 0 Å². The summed E-state index contributed by atoms with van der Waals surface area (Å²) in [4.78, 5) is 23.9. The second-order valence-electron chi connectivity index (χ2n) is 5.26. The highest BCUT2D eigenvalue weighted by atomic mass is 79.9. The molecule has 0 fully saturated rings. The van der Waals surface area contributed by atoms with Gasteiger partial charge in [0.2, 0.25) is 0 Å². The summed E-state index contributed by atoms with van der Waals surface area (Å²) in [6, 6.07) is 11.2. The van der Waals surface area contributed by atoms with Crippen molar-refractivity contribution in [3.63, 3.8) is 0 Å². The molecule has 0 unspecified atom stereocenters. The summed E-state index contributed by atoms with van der Waals surface area (Å²) in [6.07, 6.45) is 1.38. The molecule has 0 radical (unpaired) electrons. The molecule has 0 spiro atoms. The molecule has 0 heterocycles. The number of benzene rings is 2. The summed E-state index contributed by atoms with van der Waals surface area (Å²) < 4.78 is 17.7. The number of hydrogen-bond acceptors (Lipinski definition) is 5. The van der Waals surface area contributed by atoms with Crippen molar-refractivity contribution in [2.75, 3.05) is 14.2 Å². The van der Waals surface area contributed by atoms with E-state index in [0.29, 0.717) is 22.4 Å². The van der Waals surface area contributed by atoms with Crippen LogP contribution in [-0.2, 0) is 25.7 Å². The van der Waals surface area contributed by atoms with Gasteiger partial charge in [-0.05, 0) is 51.8 Å². The fourth-order valence-corrected chi connectivity index (χ4v) is 3.79. The summed E-state index contributed by atoms with van der Waals surface area (Å²) in [6.45, 7) is 0.306. The van der Waals surface area contributed by atoms with Gasteiger partial charge < -0.3 is 14.2 Å². The van der Waals surface area contributed by atoms with Crippen LogP contribution >= 0.6 is 47.8 Å². The SMILES string of the molecule is COC(=O)C(=Cc1cc(Br)cc(Br)c1OCc1ccc(Br)cc1)C(=O)OC. The molecule has 0 amide bonds. The van der Waals surface area contributed by atoms with Crippen LogP contribution in [0.1, 0.15) is 11.1 Å². The maximum atomic E-state index is 11.9. The third-order valence-corrected chi connectivity index (χ3v) is 5.02. The Hall–Kier alpha value is -1.64. The van der Waals surface area contributed by atoms with Gasteiger partial charge in [0.1, 0.15) is 17.9 Å². The Kier molecular flexibility index (Phi) is 8.07. The number of carbonyl (C=O) groups is 2. The monoisotopic (exact) mass is 560 g/mol. The van der Waals surface area contributed by atoms with Crippen molar-refractivity contribution in [3.8, 4) is 5.75 Å². The zero-order valence-electron chi connectivity index (χ0n) is 14.4. The van der Waals surface area contributed by atoms with Gasteiger partial charge in [0.15, 0.2) is 0 Å². The lowest BCUT2D eigenvalue weighted by atomic mass is 10.1. The van der Waals surface area contributed by atoms with E-state index in [1.807, 2.05) is 30.3 Å². The van der Waals surface area contributed by atoms with Crippen molar-refractivity contribution in [3.05, 3.63) is 66.5 Å². The molecule has 5 nitrogen and oxygen atoms in total. The number of carbonyl (C=O) groups excluding carboxylic acids is 2. The predicted molar refractivity (Wildman–Crippen MR) is 112 cm³/mol. The van der Waals surface area contributed by atoms with Crippen molar-refractivity contribution in [1.82, 2.24) is 0 Å². The first-order valence-corrected chi connectivity index (χ1v) is 9.98. The largest absolute Gasteiger partial charge is 0.487 e. The maximum Gasteiger partial charge on any atom is 0.345 e. The van der Waals surface area contributed by atoms with Crippen LogP contribution in [0.4, 0.5) is 0 Å². The van der Waals surface area contributed by atoms with Crippen molar-refractivity contribution >= 4 is 65.8 Å². The summed E-state index contributed by atoms with van der Waals surface area (Å²) in [5.74, 6) is -1.11. The molecule has 2 aromatic rings. The normalized spacial score (nSPS) is 10.1. The van der Waals surface area contributed by atoms with Crippen molar-refractivity contribution in [2.45, 2.75) is 6.61 Å². The van der Waals surface area contributed by atoms with Gasteiger partial charge in [-0.2, -0.15) is 0 Å². The van der Waals surface area contributed by atoms with E-state index in [1.54, 1.807) is 6.07 Å². The molecular weight excluding hydrogens is 548 g/mol. The Balaban J connectivity index is 2.42. The molecule has 0 aliphatic carbocycles. The molecule has 0 atom stereocenters. The molecule has 0 aliphatic heterocycles. The molecule has 8 heteroatoms. The van der Waals surface area contributed by atoms with Gasteiger partial charge in [-0.1, -0.05) is 44.0 Å². The van der Waals surface area contributed by atoms with Crippen LogP contribution in [-0.4, -0.2) is 26.2 Å². The van der Waals surface area contributed by atoms with Gasteiger partial charge in [-0.3, -0.25) is 0 Å². The Labute approximate surface area is 182 Å². The van der Waals surface area contributed by atoms with Crippen LogP contribution in [0, 0.1) is 0 Å². The molecule has 2 rings (SSSR count). The molecule has 2 aromatic carbocycles. The number of hydrogen-bond donors (Lipinski definition) is 0. The fourth-order valence-electron chi connectivity index (χ4n) is 2.15. The van der Waals surface area contributed by atoms with Crippen molar-refractivity contribution in [1.29, 1.82) is 0 Å². The topological polar surface area (TPSA) is 61.8 Å². The van der Waals surface area contributed by atoms with Gasteiger partial charge in [-0.25, -0.2) is 9.59 Å². The van der Waals surface area contributed by atoms with Crippen LogP contribution in [0.25, 0.3) is 6.08 Å². The van der Waals surface area contributed by atoms with Crippen molar-refractivity contribution in [2.24, 2.45) is 0 Å². The minimum atomic E-state index is -0.795. The van der Waals surface area contributed by atoms with Crippen LogP contribution < -0.4 is 4.74 Å². The van der Waals surface area contributed by atoms with Gasteiger partial charge in [0.05, 0.1) is 18.7 Å². The highest BCUT2D eigenvalue weighted by Crippen LogP contribution is 2.35. The number of rotatable bonds is 6. The van der Waals surface area contributed by atoms with Crippen LogP contribution in [0.5, 0.6) is 5.75 Å². The summed E-state index contributed by atoms with van der Waals surface area (Å²) in [5, 5.41) is 0. The molecule has 142 valence electrons. The quantitative estimate of drug-likeness (QED) is 0.207. The van der Waals surface area contributed by atoms with E-state index in [1.165, 1.54) is 20.3 Å². The molecule has 27 heavy (non-hydrogen) atoms. The Morgan fingerprint density at radius 3 is 2.07 bits per heavy atom. The summed E-state index contributed by atoms with van der Waals surface area (Å²) in [7, 11) is 2.39. The molecule has 0 saturated carbocycles. The van der Waals surface area contributed by atoms with E-state index in [2.05, 4.69) is 57.3 Å². The summed E-state index contributed by atoms with van der Waals surface area (Å²) >= 11 is 10.2. The number of esters is 2. The minimum Gasteiger partial charge on any atom is -0.487 e. The number of methoxy groups -OCH3 is 2. The summed E-state index contributed by atoms with van der Waals surface area (Å²) in [5.41, 5.74) is 1.24. The standard InChI is InChI=1S/C19H15Br3O5/c1-25-18(23)15(19(24)26-2)8-12-7-14(21)9-16(22)17(12)27-10-11-3-5-13(20)6-4-11/h3-9H,10H2,1-2H3. The third-order valence-electron chi connectivity index (χ3n) is 3.44. The van der Waals surface area contributed by atoms with E-state index in [-0.39, 0.29) is 5.57 Å². The third kappa shape index (κ3) is 5.92. The van der Waals surface area contributed by atoms with E-state index in [0.717, 1.165) is 14.5 Å². The Morgan fingerprint density at radius 2 is 1.52 bits per heavy atom. The maximum absolute atomic E-state index is 11.9. The highest BCUT2D eigenvalue weighted by molar-refractivity contribution is 9.11. The second kappa shape index (κ2) is 10.1. The van der Waals surface area contributed by atoms with E-state index < -0.39 is 11.9 Å². The average Bonchev–Trinajstić information content (AvgIpc) is 2.65. The lowest BCUT2D eigenvalue weighted by molar-refractivity contribution is -0.143. The van der Waals surface area contributed by atoms with E-state index in [9.17, 15) is 9.59 Å². The molecule has 0 bridgehead atoms. The van der Waals surface area contributed by atoms with Crippen LogP contribution in [0.15, 0.2) is 55.4 Å². The van der Waals surface area contributed by atoms with Gasteiger partial charge in [0.25, 0.3) is 0 Å². The number of ether oxygens (including phenoxy) is 3. The zero-order chi connectivity index (χ0) is 20.0. The Bertz CT molecular complexity index is 858. The first-order chi connectivity index (χ1) is 12.8. The smallest absolute Gasteiger partial charge is 0.345 e. The molecule has 0 N–H and O–H groups in total. The lowest BCUT2D eigenvalue weighted by Crippen LogP contribution is -2.15. The van der Waals surface area contributed by atoms with Gasteiger partial charge in [0, 0.05) is 14.5 Å². The van der Waals surface area contributed by atoms with Crippen LogP contribution in [0.2, 0.25) is 0 Å². The molecule has 0 aromatic heterocycles. The van der Waals surface area contributed by atoms with Crippen molar-refractivity contribution < 1.29 is 23.8 Å². The molecular formula is C19H15Br3O5. The zero-order valence-corrected chi connectivity index (χ0v) is 19.2. The van der Waals surface area contributed by atoms with Crippen LogP contribution in [0.3, 0.4) is 0 Å². The van der Waals surface area contributed by atoms with Gasteiger partial charge >= 0.3 is 11.9 Å². The first kappa shape index (κ1) is 21.7. The Morgan fingerprint density at radius 1 is 0.926 bits per heavy atom. The number of halogens is 3. The predicted octanol–water partition coefficient (Wildman–Crippen LogP) is 5.28. The highest BCUT2D eigenvalue weighted by Gasteiger charge is 2.21.